The van der Waals surface area contributed by atoms with Gasteiger partial charge in [-0.15, -0.1) is 0 Å². The predicted molar refractivity (Wildman–Crippen MR) is 81.2 cm³/mol. The molecule has 1 aliphatic rings. The highest BCUT2D eigenvalue weighted by molar-refractivity contribution is 5.75. The van der Waals surface area contributed by atoms with E-state index in [0.717, 1.165) is 5.56 Å². The van der Waals surface area contributed by atoms with Gasteiger partial charge in [-0.3, -0.25) is 4.79 Å². The van der Waals surface area contributed by atoms with Crippen LogP contribution in [0, 0.1) is 6.92 Å². The van der Waals surface area contributed by atoms with Gasteiger partial charge in [0, 0.05) is 0 Å². The van der Waals surface area contributed by atoms with Crippen LogP contribution in [0.4, 0.5) is 0 Å². The van der Waals surface area contributed by atoms with Crippen molar-refractivity contribution in [2.75, 3.05) is 0 Å². The lowest BCUT2D eigenvalue weighted by Gasteiger charge is -2.42. The molecule has 0 atom stereocenters. The summed E-state index contributed by atoms with van der Waals surface area (Å²) in [5, 5.41) is 0. The molecule has 0 amide bonds. The van der Waals surface area contributed by atoms with Crippen LogP contribution in [0.15, 0.2) is 18.2 Å². The van der Waals surface area contributed by atoms with Gasteiger partial charge in [0.15, 0.2) is 0 Å². The third kappa shape index (κ3) is 2.51. The molecule has 1 heteroatoms. The number of hydrogen-bond donors (Lipinski definition) is 0. The van der Waals surface area contributed by atoms with Crippen molar-refractivity contribution in [2.45, 2.75) is 58.3 Å². The summed E-state index contributed by atoms with van der Waals surface area (Å²) in [6, 6.07) is 4.57. The minimum atomic E-state index is 0.214. The SMILES string of the molecule is Cc1cc2c(cc1/C=C/[C]=O)C(C)(C)CCC2(C)C. The minimum absolute atomic E-state index is 0.214. The van der Waals surface area contributed by atoms with Crippen molar-refractivity contribution in [1.82, 2.24) is 0 Å². The van der Waals surface area contributed by atoms with E-state index in [1.165, 1.54) is 35.6 Å². The van der Waals surface area contributed by atoms with Gasteiger partial charge in [0.05, 0.1) is 0 Å². The Kier molecular flexibility index (Phi) is 3.42. The molecule has 1 aliphatic carbocycles. The van der Waals surface area contributed by atoms with Crippen LogP contribution in [0.25, 0.3) is 6.08 Å². The fourth-order valence-corrected chi connectivity index (χ4v) is 3.04. The van der Waals surface area contributed by atoms with Gasteiger partial charge in [-0.05, 0) is 58.9 Å². The second kappa shape index (κ2) is 4.63. The summed E-state index contributed by atoms with van der Waals surface area (Å²) in [6.07, 6.45) is 7.58. The number of benzene rings is 1. The maximum atomic E-state index is 10.4. The summed E-state index contributed by atoms with van der Waals surface area (Å²) in [5.41, 5.74) is 5.72. The van der Waals surface area contributed by atoms with Gasteiger partial charge in [-0.1, -0.05) is 45.9 Å². The molecule has 0 saturated heterocycles. The van der Waals surface area contributed by atoms with Crippen LogP contribution in [-0.4, -0.2) is 6.29 Å². The molecule has 0 heterocycles. The topological polar surface area (TPSA) is 17.1 Å². The summed E-state index contributed by atoms with van der Waals surface area (Å²) in [7, 11) is 0. The van der Waals surface area contributed by atoms with Crippen LogP contribution in [-0.2, 0) is 15.6 Å². The van der Waals surface area contributed by atoms with Crippen LogP contribution >= 0.6 is 0 Å². The van der Waals surface area contributed by atoms with Gasteiger partial charge in [0.2, 0.25) is 6.29 Å². The van der Waals surface area contributed by atoms with E-state index in [-0.39, 0.29) is 10.8 Å². The van der Waals surface area contributed by atoms with E-state index in [9.17, 15) is 4.79 Å². The van der Waals surface area contributed by atoms with Crippen molar-refractivity contribution in [3.63, 3.8) is 0 Å². The van der Waals surface area contributed by atoms with Crippen LogP contribution in [0.1, 0.15) is 62.8 Å². The van der Waals surface area contributed by atoms with Crippen molar-refractivity contribution in [3.05, 3.63) is 40.5 Å². The number of hydrogen-bond acceptors (Lipinski definition) is 1. The highest BCUT2D eigenvalue weighted by Crippen LogP contribution is 2.46. The van der Waals surface area contributed by atoms with Crippen molar-refractivity contribution in [2.24, 2.45) is 0 Å². The van der Waals surface area contributed by atoms with Gasteiger partial charge in [-0.2, -0.15) is 0 Å². The van der Waals surface area contributed by atoms with Gasteiger partial charge in [0.1, 0.15) is 0 Å². The third-order valence-electron chi connectivity index (χ3n) is 4.57. The van der Waals surface area contributed by atoms with Crippen molar-refractivity contribution in [3.8, 4) is 0 Å². The number of carbonyl (C=O) groups excluding carboxylic acids is 1. The average molecular weight is 255 g/mol. The molecule has 1 aromatic carbocycles. The first kappa shape index (κ1) is 14.0. The Morgan fingerprint density at radius 3 is 2.11 bits per heavy atom. The van der Waals surface area contributed by atoms with Crippen LogP contribution in [0.5, 0.6) is 0 Å². The Hall–Kier alpha value is -1.37. The molecule has 0 saturated carbocycles. The summed E-state index contributed by atoms with van der Waals surface area (Å²) >= 11 is 0. The van der Waals surface area contributed by atoms with E-state index in [1.807, 2.05) is 12.4 Å². The lowest BCUT2D eigenvalue weighted by molar-refractivity contribution is 0.331. The number of rotatable bonds is 2. The van der Waals surface area contributed by atoms with Gasteiger partial charge in [0.25, 0.3) is 0 Å². The number of fused-ring (bicyclic) bond motifs is 1. The first-order valence-corrected chi connectivity index (χ1v) is 6.98. The molecule has 0 unspecified atom stereocenters. The Morgan fingerprint density at radius 1 is 1.05 bits per heavy atom. The smallest absolute Gasteiger partial charge is 0.225 e. The van der Waals surface area contributed by atoms with Gasteiger partial charge >= 0.3 is 0 Å². The van der Waals surface area contributed by atoms with Crippen LogP contribution < -0.4 is 0 Å². The summed E-state index contributed by atoms with van der Waals surface area (Å²) < 4.78 is 0. The third-order valence-corrected chi connectivity index (χ3v) is 4.57. The normalized spacial score (nSPS) is 20.3. The molecule has 1 aromatic rings. The zero-order valence-electron chi connectivity index (χ0n) is 12.6. The van der Waals surface area contributed by atoms with Crippen LogP contribution in [0.2, 0.25) is 0 Å². The summed E-state index contributed by atoms with van der Waals surface area (Å²) in [4.78, 5) is 10.4. The Morgan fingerprint density at radius 2 is 1.58 bits per heavy atom. The maximum absolute atomic E-state index is 10.4. The molecule has 0 aromatic heterocycles. The van der Waals surface area contributed by atoms with Gasteiger partial charge in [-0.25, -0.2) is 0 Å². The predicted octanol–water partition coefficient (Wildman–Crippen LogP) is 4.47. The molecule has 101 valence electrons. The van der Waals surface area contributed by atoms with Crippen molar-refractivity contribution in [1.29, 1.82) is 0 Å². The largest absolute Gasteiger partial charge is 0.286 e. The Labute approximate surface area is 116 Å². The first-order valence-electron chi connectivity index (χ1n) is 6.98. The molecule has 0 aliphatic heterocycles. The van der Waals surface area contributed by atoms with Crippen molar-refractivity contribution < 1.29 is 4.79 Å². The van der Waals surface area contributed by atoms with Gasteiger partial charge < -0.3 is 0 Å². The number of aryl methyl sites for hydroxylation is 1. The highest BCUT2D eigenvalue weighted by Gasteiger charge is 2.37. The van der Waals surface area contributed by atoms with E-state index in [0.29, 0.717) is 0 Å². The first-order chi connectivity index (χ1) is 8.78. The molecule has 1 radical (unpaired) electrons. The summed E-state index contributed by atoms with van der Waals surface area (Å²) in [5.74, 6) is 0. The molecule has 0 spiro atoms. The van der Waals surface area contributed by atoms with E-state index in [1.54, 1.807) is 0 Å². The highest BCUT2D eigenvalue weighted by atomic mass is 16.1. The van der Waals surface area contributed by atoms with E-state index in [2.05, 4.69) is 46.8 Å². The molecule has 19 heavy (non-hydrogen) atoms. The molecular weight excluding hydrogens is 232 g/mol. The monoisotopic (exact) mass is 255 g/mol. The molecule has 0 N–H and O–H groups in total. The fraction of sp³-hybridized carbons (Fsp3) is 0.500. The standard InChI is InChI=1S/C18H23O/c1-13-11-15-16(12-14(13)7-6-10-19)18(4,5)9-8-17(15,2)3/h6-7,11-12H,8-9H2,1-5H3/b7-6+. The lowest BCUT2D eigenvalue weighted by atomic mass is 9.62. The second-order valence-electron chi connectivity index (χ2n) is 6.97. The molecule has 1 nitrogen and oxygen atoms in total. The molecular formula is C18H23O. The zero-order chi connectivity index (χ0) is 14.3. The van der Waals surface area contributed by atoms with E-state index >= 15 is 0 Å². The average Bonchev–Trinajstić information content (AvgIpc) is 2.33. The molecule has 0 bridgehead atoms. The zero-order valence-corrected chi connectivity index (χ0v) is 12.6. The Balaban J connectivity index is 2.64. The fourth-order valence-electron chi connectivity index (χ4n) is 3.04. The van der Waals surface area contributed by atoms with Crippen molar-refractivity contribution >= 4 is 12.4 Å². The summed E-state index contributed by atoms with van der Waals surface area (Å²) in [6.45, 7) is 11.4. The quantitative estimate of drug-likeness (QED) is 0.713. The maximum Gasteiger partial charge on any atom is 0.225 e. The molecule has 2 rings (SSSR count). The van der Waals surface area contributed by atoms with Crippen LogP contribution in [0.3, 0.4) is 0 Å². The Bertz CT molecular complexity index is 533. The lowest BCUT2D eigenvalue weighted by Crippen LogP contribution is -2.34. The molecule has 0 fully saturated rings. The minimum Gasteiger partial charge on any atom is -0.286 e. The van der Waals surface area contributed by atoms with E-state index < -0.39 is 0 Å². The van der Waals surface area contributed by atoms with E-state index in [4.69, 9.17) is 0 Å². The second-order valence-corrected chi connectivity index (χ2v) is 6.97. The number of allylic oxidation sites excluding steroid dienone is 1.